The molecule has 0 unspecified atom stereocenters. The number of methoxy groups -OCH3 is 1. The van der Waals surface area contributed by atoms with Gasteiger partial charge in [-0.25, -0.2) is 0 Å². The SMILES string of the molecule is CCOC(=O)CCNC(=O)CSc1ccc(OC)cc1. The molecule has 0 radical (unpaired) electrons. The molecular formula is C14H19NO4S. The molecule has 0 spiro atoms. The van der Waals surface area contributed by atoms with Crippen LogP contribution >= 0.6 is 11.8 Å². The van der Waals surface area contributed by atoms with E-state index in [9.17, 15) is 9.59 Å². The van der Waals surface area contributed by atoms with Crippen LogP contribution in [0.1, 0.15) is 13.3 Å². The maximum Gasteiger partial charge on any atom is 0.307 e. The fraction of sp³-hybridized carbons (Fsp3) is 0.429. The normalized spacial score (nSPS) is 9.90. The van der Waals surface area contributed by atoms with E-state index >= 15 is 0 Å². The summed E-state index contributed by atoms with van der Waals surface area (Å²) in [7, 11) is 1.61. The van der Waals surface area contributed by atoms with Crippen molar-refractivity contribution in [2.75, 3.05) is 26.0 Å². The summed E-state index contributed by atoms with van der Waals surface area (Å²) >= 11 is 1.43. The van der Waals surface area contributed by atoms with E-state index in [1.807, 2.05) is 24.3 Å². The number of ether oxygens (including phenoxy) is 2. The zero-order chi connectivity index (χ0) is 14.8. The Morgan fingerprint density at radius 3 is 2.55 bits per heavy atom. The summed E-state index contributed by atoms with van der Waals surface area (Å²) in [5, 5.41) is 2.68. The van der Waals surface area contributed by atoms with Gasteiger partial charge in [-0.15, -0.1) is 11.8 Å². The molecule has 0 saturated heterocycles. The first-order valence-electron chi connectivity index (χ1n) is 6.35. The molecule has 1 rings (SSSR count). The zero-order valence-corrected chi connectivity index (χ0v) is 12.5. The lowest BCUT2D eigenvalue weighted by Gasteiger charge is -2.05. The molecular weight excluding hydrogens is 278 g/mol. The van der Waals surface area contributed by atoms with Crippen molar-refractivity contribution in [3.8, 4) is 5.75 Å². The van der Waals surface area contributed by atoms with Crippen LogP contribution in [0.3, 0.4) is 0 Å². The Balaban J connectivity index is 2.20. The third-order valence-corrected chi connectivity index (χ3v) is 3.40. The molecule has 0 aliphatic heterocycles. The van der Waals surface area contributed by atoms with Gasteiger partial charge in [0.05, 0.1) is 25.9 Å². The number of hydrogen-bond acceptors (Lipinski definition) is 5. The van der Waals surface area contributed by atoms with Crippen molar-refractivity contribution in [3.05, 3.63) is 24.3 Å². The van der Waals surface area contributed by atoms with Gasteiger partial charge in [-0.2, -0.15) is 0 Å². The minimum atomic E-state index is -0.296. The first-order valence-corrected chi connectivity index (χ1v) is 7.33. The van der Waals surface area contributed by atoms with E-state index in [4.69, 9.17) is 9.47 Å². The second-order valence-corrected chi connectivity index (χ2v) is 4.92. The number of rotatable bonds is 8. The fourth-order valence-electron chi connectivity index (χ4n) is 1.41. The first kappa shape index (κ1) is 16.4. The third-order valence-electron chi connectivity index (χ3n) is 2.39. The zero-order valence-electron chi connectivity index (χ0n) is 11.7. The molecule has 5 nitrogen and oxygen atoms in total. The molecule has 6 heteroatoms. The summed E-state index contributed by atoms with van der Waals surface area (Å²) in [6.45, 7) is 2.42. The number of benzene rings is 1. The van der Waals surface area contributed by atoms with E-state index in [0.717, 1.165) is 10.6 Å². The van der Waals surface area contributed by atoms with Crippen LogP contribution in [0.2, 0.25) is 0 Å². The number of hydrogen-bond donors (Lipinski definition) is 1. The number of nitrogens with one attached hydrogen (secondary N) is 1. The van der Waals surface area contributed by atoms with Crippen LogP contribution in [-0.4, -0.2) is 37.9 Å². The quantitative estimate of drug-likeness (QED) is 0.586. The van der Waals surface area contributed by atoms with Crippen LogP contribution in [0.4, 0.5) is 0 Å². The van der Waals surface area contributed by atoms with Gasteiger partial charge in [0.2, 0.25) is 5.91 Å². The van der Waals surface area contributed by atoms with E-state index in [1.54, 1.807) is 14.0 Å². The van der Waals surface area contributed by atoms with Crippen LogP contribution < -0.4 is 10.1 Å². The van der Waals surface area contributed by atoms with Gasteiger partial charge in [0.25, 0.3) is 0 Å². The standard InChI is InChI=1S/C14H19NO4S/c1-3-19-14(17)8-9-15-13(16)10-20-12-6-4-11(18-2)5-7-12/h4-7H,3,8-10H2,1-2H3,(H,15,16). The summed E-state index contributed by atoms with van der Waals surface area (Å²) in [6, 6.07) is 7.49. The van der Waals surface area contributed by atoms with E-state index < -0.39 is 0 Å². The predicted octanol–water partition coefficient (Wildman–Crippen LogP) is 1.86. The lowest BCUT2D eigenvalue weighted by atomic mass is 10.3. The van der Waals surface area contributed by atoms with Crippen LogP contribution in [-0.2, 0) is 14.3 Å². The first-order chi connectivity index (χ1) is 9.65. The van der Waals surface area contributed by atoms with Gasteiger partial charge in [0, 0.05) is 11.4 Å². The van der Waals surface area contributed by atoms with Crippen LogP contribution in [0.25, 0.3) is 0 Å². The molecule has 0 saturated carbocycles. The lowest BCUT2D eigenvalue weighted by molar-refractivity contribution is -0.142. The molecule has 20 heavy (non-hydrogen) atoms. The smallest absolute Gasteiger partial charge is 0.307 e. The molecule has 0 heterocycles. The van der Waals surface area contributed by atoms with Crippen LogP contribution in [0.15, 0.2) is 29.2 Å². The maximum absolute atomic E-state index is 11.6. The summed E-state index contributed by atoms with van der Waals surface area (Å²) in [5.74, 6) is 0.703. The molecule has 1 aromatic carbocycles. The Bertz CT molecular complexity index is 433. The Morgan fingerprint density at radius 1 is 1.25 bits per heavy atom. The summed E-state index contributed by atoms with van der Waals surface area (Å²) in [5.41, 5.74) is 0. The van der Waals surface area contributed by atoms with Gasteiger partial charge in [0.1, 0.15) is 5.75 Å². The Labute approximate surface area is 123 Å². The molecule has 0 atom stereocenters. The summed E-state index contributed by atoms with van der Waals surface area (Å²) < 4.78 is 9.83. The maximum atomic E-state index is 11.6. The highest BCUT2D eigenvalue weighted by Gasteiger charge is 2.05. The average Bonchev–Trinajstić information content (AvgIpc) is 2.46. The highest BCUT2D eigenvalue weighted by molar-refractivity contribution is 8.00. The van der Waals surface area contributed by atoms with Gasteiger partial charge in [-0.1, -0.05) is 0 Å². The van der Waals surface area contributed by atoms with Crippen LogP contribution in [0, 0.1) is 0 Å². The second-order valence-electron chi connectivity index (χ2n) is 3.87. The molecule has 0 aromatic heterocycles. The van der Waals surface area contributed by atoms with Crippen molar-refractivity contribution in [2.24, 2.45) is 0 Å². The Kier molecular flexibility index (Phi) is 7.57. The van der Waals surface area contributed by atoms with Crippen molar-refractivity contribution >= 4 is 23.6 Å². The average molecular weight is 297 g/mol. The number of carbonyl (C=O) groups is 2. The molecule has 0 aliphatic carbocycles. The van der Waals surface area contributed by atoms with Gasteiger partial charge in [-0.3, -0.25) is 9.59 Å². The molecule has 0 aliphatic rings. The van der Waals surface area contributed by atoms with Crippen LogP contribution in [0.5, 0.6) is 5.75 Å². The van der Waals surface area contributed by atoms with E-state index in [0.29, 0.717) is 18.9 Å². The highest BCUT2D eigenvalue weighted by atomic mass is 32.2. The molecule has 110 valence electrons. The van der Waals surface area contributed by atoms with E-state index in [1.165, 1.54) is 11.8 Å². The summed E-state index contributed by atoms with van der Waals surface area (Å²) in [6.07, 6.45) is 0.201. The number of amides is 1. The monoisotopic (exact) mass is 297 g/mol. The minimum absolute atomic E-state index is 0.102. The second kappa shape index (κ2) is 9.25. The molecule has 1 amide bonds. The van der Waals surface area contributed by atoms with Crippen molar-refractivity contribution in [1.29, 1.82) is 0 Å². The van der Waals surface area contributed by atoms with E-state index in [2.05, 4.69) is 5.32 Å². The van der Waals surface area contributed by atoms with Gasteiger partial charge in [-0.05, 0) is 31.2 Å². The minimum Gasteiger partial charge on any atom is -0.497 e. The number of carbonyl (C=O) groups excluding carboxylic acids is 2. The lowest BCUT2D eigenvalue weighted by Crippen LogP contribution is -2.28. The molecule has 1 aromatic rings. The fourth-order valence-corrected chi connectivity index (χ4v) is 2.14. The predicted molar refractivity (Wildman–Crippen MR) is 78.0 cm³/mol. The Morgan fingerprint density at radius 2 is 1.95 bits per heavy atom. The Hall–Kier alpha value is -1.69. The molecule has 0 bridgehead atoms. The van der Waals surface area contributed by atoms with Crippen molar-refractivity contribution in [3.63, 3.8) is 0 Å². The van der Waals surface area contributed by atoms with Gasteiger partial charge >= 0.3 is 5.97 Å². The van der Waals surface area contributed by atoms with Gasteiger partial charge < -0.3 is 14.8 Å². The van der Waals surface area contributed by atoms with E-state index in [-0.39, 0.29) is 18.3 Å². The third kappa shape index (κ3) is 6.47. The highest BCUT2D eigenvalue weighted by Crippen LogP contribution is 2.20. The van der Waals surface area contributed by atoms with Crippen molar-refractivity contribution in [1.82, 2.24) is 5.32 Å². The molecule has 1 N–H and O–H groups in total. The van der Waals surface area contributed by atoms with Gasteiger partial charge in [0.15, 0.2) is 0 Å². The number of esters is 1. The van der Waals surface area contributed by atoms with Crippen molar-refractivity contribution in [2.45, 2.75) is 18.2 Å². The topological polar surface area (TPSA) is 64.6 Å². The summed E-state index contributed by atoms with van der Waals surface area (Å²) in [4.78, 5) is 23.6. The number of thioether (sulfide) groups is 1. The van der Waals surface area contributed by atoms with Crippen molar-refractivity contribution < 1.29 is 19.1 Å². The largest absolute Gasteiger partial charge is 0.497 e. The molecule has 0 fully saturated rings.